The Morgan fingerprint density at radius 3 is 2.62 bits per heavy atom. The van der Waals surface area contributed by atoms with Gasteiger partial charge in [0.2, 0.25) is 11.8 Å². The van der Waals surface area contributed by atoms with Gasteiger partial charge in [0, 0.05) is 60.9 Å². The molecule has 182 valence electrons. The number of aryl methyl sites for hydroxylation is 1. The van der Waals surface area contributed by atoms with Crippen LogP contribution in [-0.2, 0) is 22.0 Å². The summed E-state index contributed by atoms with van der Waals surface area (Å²) < 4.78 is 42.6. The molecular weight excluding hydrogens is 463 g/mol. The molecule has 0 saturated carbocycles. The number of terminal acetylenes is 1. The summed E-state index contributed by atoms with van der Waals surface area (Å²) >= 11 is 0. The number of rotatable bonds is 8. The van der Waals surface area contributed by atoms with Crippen LogP contribution in [-0.4, -0.2) is 67.5 Å². The number of halogens is 1. The Labute approximate surface area is 200 Å². The molecule has 0 N–H and O–H groups in total. The fraction of sp³-hybridized carbons (Fsp3) is 0.478. The van der Waals surface area contributed by atoms with Crippen LogP contribution in [0.5, 0.6) is 17.5 Å². The van der Waals surface area contributed by atoms with Crippen molar-refractivity contribution in [1.82, 2.24) is 19.9 Å². The first-order valence-corrected chi connectivity index (χ1v) is 12.6. The lowest BCUT2D eigenvalue weighted by atomic mass is 10.1. The zero-order chi connectivity index (χ0) is 24.7. The van der Waals surface area contributed by atoms with Crippen LogP contribution in [0.25, 0.3) is 0 Å². The van der Waals surface area contributed by atoms with E-state index in [1.807, 2.05) is 0 Å². The van der Waals surface area contributed by atoms with Crippen LogP contribution in [0.15, 0.2) is 18.6 Å². The molecule has 0 aromatic carbocycles. The van der Waals surface area contributed by atoms with Gasteiger partial charge in [-0.2, -0.15) is 0 Å². The van der Waals surface area contributed by atoms with Crippen LogP contribution in [0.4, 0.5) is 9.18 Å². The van der Waals surface area contributed by atoms with Crippen LogP contribution in [0.3, 0.4) is 0 Å². The maximum absolute atomic E-state index is 14.5. The predicted octanol–water partition coefficient (Wildman–Crippen LogP) is 3.09. The van der Waals surface area contributed by atoms with E-state index in [-0.39, 0.29) is 41.4 Å². The lowest BCUT2D eigenvalue weighted by molar-refractivity contribution is 0.0506. The summed E-state index contributed by atoms with van der Waals surface area (Å²) in [5.74, 6) is 2.15. The Balaban J connectivity index is 1.67. The molecule has 2 aromatic rings. The van der Waals surface area contributed by atoms with E-state index in [1.165, 1.54) is 18.6 Å². The summed E-state index contributed by atoms with van der Waals surface area (Å²) in [5, 5.41) is 0. The van der Waals surface area contributed by atoms with E-state index >= 15 is 0 Å². The molecule has 1 amide bonds. The third kappa shape index (κ3) is 6.87. The van der Waals surface area contributed by atoms with E-state index in [0.29, 0.717) is 43.8 Å². The average molecular weight is 491 g/mol. The number of aromatic nitrogens is 3. The van der Waals surface area contributed by atoms with Crippen LogP contribution in [0.1, 0.15) is 37.9 Å². The minimum absolute atomic E-state index is 0.0337. The third-order valence-electron chi connectivity index (χ3n) is 4.97. The summed E-state index contributed by atoms with van der Waals surface area (Å²) in [6.45, 7) is 4.56. The number of carbonyl (C=O) groups excluding carboxylic acids is 1. The number of nitrogens with zero attached hydrogens (tertiary/aromatic N) is 4. The fourth-order valence-corrected chi connectivity index (χ4v) is 3.75. The van der Waals surface area contributed by atoms with Crippen LogP contribution >= 0.6 is 0 Å². The highest BCUT2D eigenvalue weighted by molar-refractivity contribution is 7.84. The average Bonchev–Trinajstić information content (AvgIpc) is 2.79. The largest absolute Gasteiger partial charge is 0.473 e. The molecule has 0 radical (unpaired) electrons. The van der Waals surface area contributed by atoms with E-state index in [4.69, 9.17) is 20.6 Å². The second-order valence-electron chi connectivity index (χ2n) is 7.98. The van der Waals surface area contributed by atoms with Crippen molar-refractivity contribution in [3.8, 4) is 29.9 Å². The Bertz CT molecular complexity index is 1080. The second-order valence-corrected chi connectivity index (χ2v) is 9.53. The zero-order valence-corrected chi connectivity index (χ0v) is 20.1. The molecule has 2 aromatic heterocycles. The van der Waals surface area contributed by atoms with Crippen molar-refractivity contribution in [2.45, 2.75) is 45.3 Å². The molecule has 1 unspecified atom stereocenters. The molecule has 11 heteroatoms. The normalized spacial score (nSPS) is 15.0. The van der Waals surface area contributed by atoms with Gasteiger partial charge in [-0.1, -0.05) is 5.92 Å². The summed E-state index contributed by atoms with van der Waals surface area (Å²) in [6.07, 6.45) is 10.5. The smallest absolute Gasteiger partial charge is 0.410 e. The van der Waals surface area contributed by atoms with E-state index in [2.05, 4.69) is 20.9 Å². The van der Waals surface area contributed by atoms with Gasteiger partial charge in [-0.3, -0.25) is 9.19 Å². The molecule has 34 heavy (non-hydrogen) atoms. The topological polar surface area (TPSA) is 104 Å². The Hall–Kier alpha value is -3.26. The molecule has 1 saturated heterocycles. The maximum atomic E-state index is 14.5. The summed E-state index contributed by atoms with van der Waals surface area (Å²) in [4.78, 5) is 26.0. The SMILES string of the molecule is C#Cc1c(Oc2cnc(CCS(C)=O)cc2F)ncnc1OC1CCN(C(=O)OC(C)C)CC1. The monoisotopic (exact) mass is 490 g/mol. The molecule has 1 fully saturated rings. The molecule has 0 bridgehead atoms. The van der Waals surface area contributed by atoms with E-state index < -0.39 is 16.6 Å². The second kappa shape index (κ2) is 11.7. The number of hydrogen-bond acceptors (Lipinski definition) is 8. The molecule has 3 rings (SSSR count). The van der Waals surface area contributed by atoms with Crippen molar-refractivity contribution in [2.24, 2.45) is 0 Å². The van der Waals surface area contributed by atoms with Gasteiger partial charge in [0.1, 0.15) is 18.0 Å². The first-order chi connectivity index (χ1) is 16.3. The molecule has 1 atom stereocenters. The van der Waals surface area contributed by atoms with Crippen molar-refractivity contribution < 1.29 is 27.6 Å². The number of hydrogen-bond donors (Lipinski definition) is 0. The minimum Gasteiger partial charge on any atom is -0.473 e. The van der Waals surface area contributed by atoms with Crippen molar-refractivity contribution in [3.05, 3.63) is 35.7 Å². The number of amides is 1. The Kier molecular flexibility index (Phi) is 8.76. The Morgan fingerprint density at radius 2 is 2.00 bits per heavy atom. The highest BCUT2D eigenvalue weighted by atomic mass is 32.2. The highest BCUT2D eigenvalue weighted by Crippen LogP contribution is 2.30. The maximum Gasteiger partial charge on any atom is 0.410 e. The number of piperidine rings is 1. The van der Waals surface area contributed by atoms with E-state index in [1.54, 1.807) is 25.0 Å². The van der Waals surface area contributed by atoms with Crippen molar-refractivity contribution in [3.63, 3.8) is 0 Å². The molecule has 1 aliphatic rings. The number of carbonyl (C=O) groups is 1. The van der Waals surface area contributed by atoms with Crippen molar-refractivity contribution in [1.29, 1.82) is 0 Å². The number of ether oxygens (including phenoxy) is 3. The van der Waals surface area contributed by atoms with Crippen molar-refractivity contribution in [2.75, 3.05) is 25.1 Å². The van der Waals surface area contributed by atoms with Gasteiger partial charge in [-0.25, -0.2) is 19.2 Å². The molecule has 0 aliphatic carbocycles. The molecular formula is C23H27FN4O5S. The van der Waals surface area contributed by atoms with Crippen molar-refractivity contribution >= 4 is 16.9 Å². The van der Waals surface area contributed by atoms with Gasteiger partial charge in [0.05, 0.1) is 12.3 Å². The number of likely N-dealkylation sites (tertiary alicyclic amines) is 1. The van der Waals surface area contributed by atoms with Crippen LogP contribution in [0, 0.1) is 18.2 Å². The van der Waals surface area contributed by atoms with Gasteiger partial charge < -0.3 is 19.1 Å². The van der Waals surface area contributed by atoms with Gasteiger partial charge in [-0.15, -0.1) is 6.42 Å². The first-order valence-electron chi connectivity index (χ1n) is 10.8. The molecule has 9 nitrogen and oxygen atoms in total. The molecule has 0 spiro atoms. The molecule has 3 heterocycles. The first kappa shape index (κ1) is 25.4. The minimum atomic E-state index is -0.999. The van der Waals surface area contributed by atoms with Gasteiger partial charge in [0.15, 0.2) is 11.6 Å². The molecule has 1 aliphatic heterocycles. The zero-order valence-electron chi connectivity index (χ0n) is 19.3. The quantitative estimate of drug-likeness (QED) is 0.520. The predicted molar refractivity (Wildman–Crippen MR) is 124 cm³/mol. The summed E-state index contributed by atoms with van der Waals surface area (Å²) in [5.41, 5.74) is 0.613. The highest BCUT2D eigenvalue weighted by Gasteiger charge is 2.27. The van der Waals surface area contributed by atoms with E-state index in [9.17, 15) is 13.4 Å². The Morgan fingerprint density at radius 1 is 1.29 bits per heavy atom. The van der Waals surface area contributed by atoms with E-state index in [0.717, 1.165) is 0 Å². The lowest BCUT2D eigenvalue weighted by Crippen LogP contribution is -2.42. The van der Waals surface area contributed by atoms with Crippen LogP contribution < -0.4 is 9.47 Å². The van der Waals surface area contributed by atoms with Crippen LogP contribution in [0.2, 0.25) is 0 Å². The fourth-order valence-electron chi connectivity index (χ4n) is 3.26. The summed E-state index contributed by atoms with van der Waals surface area (Å²) in [6, 6.07) is 1.23. The third-order valence-corrected chi connectivity index (χ3v) is 5.74. The van der Waals surface area contributed by atoms with Gasteiger partial charge >= 0.3 is 6.09 Å². The lowest BCUT2D eigenvalue weighted by Gasteiger charge is -2.31. The number of pyridine rings is 1. The van der Waals surface area contributed by atoms with Gasteiger partial charge in [-0.05, 0) is 19.9 Å². The standard InChI is InChI=1S/C23H27FN4O5S/c1-5-18-21(32-17-6-9-28(10-7-17)23(29)31-15(2)3)26-14-27-22(18)33-20-13-25-16(12-19(20)24)8-11-34(4)30/h1,12-15,17H,6-11H2,2-4H3. The van der Waals surface area contributed by atoms with Gasteiger partial charge in [0.25, 0.3) is 0 Å². The summed E-state index contributed by atoms with van der Waals surface area (Å²) in [7, 11) is -0.999.